The Morgan fingerprint density at radius 1 is 1.38 bits per heavy atom. The van der Waals surface area contributed by atoms with Crippen LogP contribution in [-0.2, 0) is 0 Å². The second-order valence-electron chi connectivity index (χ2n) is 4.62. The van der Waals surface area contributed by atoms with E-state index in [-0.39, 0.29) is 6.04 Å². The maximum atomic E-state index is 6.16. The number of nitrogens with two attached hydrogens (primary N) is 1. The van der Waals surface area contributed by atoms with Gasteiger partial charge in [-0.1, -0.05) is 12.8 Å². The summed E-state index contributed by atoms with van der Waals surface area (Å²) in [5, 5.41) is 0. The molecule has 1 aliphatic carbocycles. The molecule has 16 heavy (non-hydrogen) atoms. The minimum absolute atomic E-state index is 0.253. The fourth-order valence-corrected chi connectivity index (χ4v) is 2.37. The maximum absolute atomic E-state index is 6.16. The van der Waals surface area contributed by atoms with Gasteiger partial charge in [-0.15, -0.1) is 0 Å². The van der Waals surface area contributed by atoms with E-state index in [2.05, 4.69) is 14.9 Å². The molecule has 1 aliphatic rings. The molecule has 2 N–H and O–H groups in total. The number of likely N-dealkylation sites (N-methyl/N-ethyl adjacent to an activating group) is 1. The highest BCUT2D eigenvalue weighted by Gasteiger charge is 2.26. The Hall–Kier alpha value is -1.16. The number of anilines is 1. The fourth-order valence-electron chi connectivity index (χ4n) is 2.37. The second-order valence-corrected chi connectivity index (χ2v) is 4.62. The zero-order chi connectivity index (χ0) is 11.5. The summed E-state index contributed by atoms with van der Waals surface area (Å²) in [4.78, 5) is 10.9. The molecule has 0 amide bonds. The number of hydrogen-bond acceptors (Lipinski definition) is 4. The van der Waals surface area contributed by atoms with E-state index in [1.54, 1.807) is 0 Å². The minimum Gasteiger partial charge on any atom is -0.339 e. The lowest BCUT2D eigenvalue weighted by Gasteiger charge is -2.36. The summed E-state index contributed by atoms with van der Waals surface area (Å²) >= 11 is 0. The largest absolute Gasteiger partial charge is 0.339 e. The van der Waals surface area contributed by atoms with Crippen LogP contribution in [0.2, 0.25) is 0 Å². The van der Waals surface area contributed by atoms with Crippen molar-refractivity contribution in [1.29, 1.82) is 0 Å². The van der Waals surface area contributed by atoms with Gasteiger partial charge in [-0.2, -0.15) is 0 Å². The Morgan fingerprint density at radius 2 is 2.12 bits per heavy atom. The van der Waals surface area contributed by atoms with Crippen LogP contribution in [0.3, 0.4) is 0 Å². The van der Waals surface area contributed by atoms with Gasteiger partial charge in [0.25, 0.3) is 0 Å². The van der Waals surface area contributed by atoms with Gasteiger partial charge in [0.15, 0.2) is 0 Å². The van der Waals surface area contributed by atoms with Crippen LogP contribution in [0, 0.1) is 6.92 Å². The van der Waals surface area contributed by atoms with E-state index >= 15 is 0 Å². The van der Waals surface area contributed by atoms with E-state index < -0.39 is 0 Å². The molecule has 0 spiro atoms. The van der Waals surface area contributed by atoms with Gasteiger partial charge in [0, 0.05) is 31.0 Å². The van der Waals surface area contributed by atoms with Crippen LogP contribution in [0.25, 0.3) is 0 Å². The topological polar surface area (TPSA) is 55.0 Å². The lowest BCUT2D eigenvalue weighted by molar-refractivity contribution is 0.371. The van der Waals surface area contributed by atoms with Gasteiger partial charge in [0.1, 0.15) is 0 Å². The first-order valence-corrected chi connectivity index (χ1v) is 5.96. The summed E-state index contributed by atoms with van der Waals surface area (Å²) in [6.45, 7) is 1.99. The van der Waals surface area contributed by atoms with Crippen LogP contribution in [0.4, 0.5) is 5.95 Å². The molecule has 88 valence electrons. The predicted molar refractivity (Wildman–Crippen MR) is 65.4 cm³/mol. The van der Waals surface area contributed by atoms with Crippen molar-refractivity contribution in [3.8, 4) is 0 Å². The van der Waals surface area contributed by atoms with Gasteiger partial charge >= 0.3 is 0 Å². The monoisotopic (exact) mass is 220 g/mol. The van der Waals surface area contributed by atoms with Gasteiger partial charge < -0.3 is 10.6 Å². The molecule has 2 unspecified atom stereocenters. The van der Waals surface area contributed by atoms with Gasteiger partial charge in [0.2, 0.25) is 5.95 Å². The quantitative estimate of drug-likeness (QED) is 0.820. The molecule has 0 bridgehead atoms. The predicted octanol–water partition coefficient (Wildman–Crippen LogP) is 1.49. The highest BCUT2D eigenvalue weighted by Crippen LogP contribution is 2.23. The molecule has 0 aliphatic heterocycles. The molecule has 1 aromatic rings. The summed E-state index contributed by atoms with van der Waals surface area (Å²) in [5.41, 5.74) is 7.16. The van der Waals surface area contributed by atoms with Gasteiger partial charge in [-0.25, -0.2) is 9.97 Å². The summed E-state index contributed by atoms with van der Waals surface area (Å²) in [5.74, 6) is 0.794. The van der Waals surface area contributed by atoms with E-state index in [1.807, 2.05) is 26.2 Å². The molecule has 2 atom stereocenters. The number of aryl methyl sites for hydroxylation is 1. The van der Waals surface area contributed by atoms with Crippen LogP contribution in [0.5, 0.6) is 0 Å². The van der Waals surface area contributed by atoms with Crippen molar-refractivity contribution >= 4 is 5.95 Å². The molecule has 4 heteroatoms. The molecule has 1 heterocycles. The molecule has 0 saturated heterocycles. The normalized spacial score (nSPS) is 25.4. The third-order valence-electron chi connectivity index (χ3n) is 3.38. The van der Waals surface area contributed by atoms with E-state index in [0.717, 1.165) is 24.5 Å². The van der Waals surface area contributed by atoms with Crippen molar-refractivity contribution in [2.45, 2.75) is 44.7 Å². The molecule has 2 rings (SSSR count). The highest BCUT2D eigenvalue weighted by atomic mass is 15.3. The number of rotatable bonds is 2. The van der Waals surface area contributed by atoms with Gasteiger partial charge in [-0.05, 0) is 25.8 Å². The zero-order valence-corrected chi connectivity index (χ0v) is 10.1. The van der Waals surface area contributed by atoms with Crippen molar-refractivity contribution in [2.24, 2.45) is 5.73 Å². The number of aromatic nitrogens is 2. The van der Waals surface area contributed by atoms with Crippen molar-refractivity contribution in [1.82, 2.24) is 9.97 Å². The maximum Gasteiger partial charge on any atom is 0.225 e. The molecular formula is C12H20N4. The minimum atomic E-state index is 0.253. The average molecular weight is 220 g/mol. The molecule has 0 radical (unpaired) electrons. The Bertz CT molecular complexity index is 353. The lowest BCUT2D eigenvalue weighted by Crippen LogP contribution is -2.48. The molecule has 1 saturated carbocycles. The Kier molecular flexibility index (Phi) is 3.39. The SMILES string of the molecule is Cc1ccnc(N(C)C2CCCCC2N)n1. The van der Waals surface area contributed by atoms with Crippen LogP contribution in [0.15, 0.2) is 12.3 Å². The fraction of sp³-hybridized carbons (Fsp3) is 0.667. The first kappa shape index (κ1) is 11.3. The van der Waals surface area contributed by atoms with Crippen LogP contribution < -0.4 is 10.6 Å². The Labute approximate surface area is 96.9 Å². The van der Waals surface area contributed by atoms with Gasteiger partial charge in [-0.3, -0.25) is 0 Å². The van der Waals surface area contributed by atoms with E-state index in [0.29, 0.717) is 6.04 Å². The first-order chi connectivity index (χ1) is 7.68. The van der Waals surface area contributed by atoms with Crippen molar-refractivity contribution in [2.75, 3.05) is 11.9 Å². The second kappa shape index (κ2) is 4.78. The Morgan fingerprint density at radius 3 is 2.81 bits per heavy atom. The standard InChI is InChI=1S/C12H20N4/c1-9-7-8-14-12(15-9)16(2)11-6-4-3-5-10(11)13/h7-8,10-11H,3-6,13H2,1-2H3. The molecule has 1 aromatic heterocycles. The average Bonchev–Trinajstić information content (AvgIpc) is 2.29. The Balaban J connectivity index is 2.14. The first-order valence-electron chi connectivity index (χ1n) is 5.96. The van der Waals surface area contributed by atoms with Gasteiger partial charge in [0.05, 0.1) is 0 Å². The van der Waals surface area contributed by atoms with Crippen molar-refractivity contribution < 1.29 is 0 Å². The van der Waals surface area contributed by atoms with E-state index in [4.69, 9.17) is 5.73 Å². The summed E-state index contributed by atoms with van der Waals surface area (Å²) < 4.78 is 0. The van der Waals surface area contributed by atoms with Crippen molar-refractivity contribution in [3.63, 3.8) is 0 Å². The van der Waals surface area contributed by atoms with Crippen molar-refractivity contribution in [3.05, 3.63) is 18.0 Å². The molecule has 4 nitrogen and oxygen atoms in total. The van der Waals surface area contributed by atoms with E-state index in [1.165, 1.54) is 12.8 Å². The van der Waals surface area contributed by atoms with E-state index in [9.17, 15) is 0 Å². The summed E-state index contributed by atoms with van der Waals surface area (Å²) in [6, 6.07) is 2.55. The summed E-state index contributed by atoms with van der Waals surface area (Å²) in [7, 11) is 2.05. The third-order valence-corrected chi connectivity index (χ3v) is 3.38. The smallest absolute Gasteiger partial charge is 0.225 e. The van der Waals surface area contributed by atoms with Crippen LogP contribution in [-0.4, -0.2) is 29.1 Å². The third kappa shape index (κ3) is 2.32. The number of hydrogen-bond donors (Lipinski definition) is 1. The highest BCUT2D eigenvalue weighted by molar-refractivity contribution is 5.31. The molecule has 0 aromatic carbocycles. The van der Waals surface area contributed by atoms with Crippen LogP contribution >= 0.6 is 0 Å². The van der Waals surface area contributed by atoms with Crippen LogP contribution in [0.1, 0.15) is 31.4 Å². The molecular weight excluding hydrogens is 200 g/mol. The zero-order valence-electron chi connectivity index (χ0n) is 10.1. The molecule has 1 fully saturated rings. The number of nitrogens with zero attached hydrogens (tertiary/aromatic N) is 3. The lowest BCUT2D eigenvalue weighted by atomic mass is 9.90. The summed E-state index contributed by atoms with van der Waals surface area (Å²) in [6.07, 6.45) is 6.58.